The number of carbonyl (C=O) groups is 1. The standard InChI is InChI=1S/C11H12BrFN2OS/c12-7-5-8(13)10(11(14)16)9(6-7)15-1-3-17-4-2-15/h5-6H,1-4H2,(H2,14,16). The van der Waals surface area contributed by atoms with Crippen molar-refractivity contribution in [2.75, 3.05) is 29.5 Å². The molecular weight excluding hydrogens is 307 g/mol. The van der Waals surface area contributed by atoms with Crippen LogP contribution in [0.5, 0.6) is 0 Å². The normalized spacial score (nSPS) is 16.0. The summed E-state index contributed by atoms with van der Waals surface area (Å²) in [5.74, 6) is 0.668. The molecule has 0 bridgehead atoms. The Kier molecular flexibility index (Phi) is 3.93. The Bertz CT molecular complexity index is 449. The van der Waals surface area contributed by atoms with E-state index in [1.54, 1.807) is 6.07 Å². The van der Waals surface area contributed by atoms with Gasteiger partial charge in [-0.3, -0.25) is 4.79 Å². The number of anilines is 1. The van der Waals surface area contributed by atoms with Gasteiger partial charge in [-0.1, -0.05) is 15.9 Å². The van der Waals surface area contributed by atoms with Gasteiger partial charge in [0.05, 0.1) is 11.3 Å². The van der Waals surface area contributed by atoms with Gasteiger partial charge in [0.1, 0.15) is 5.82 Å². The summed E-state index contributed by atoms with van der Waals surface area (Å²) in [6.07, 6.45) is 0. The molecule has 0 saturated carbocycles. The molecule has 1 amide bonds. The molecule has 1 aromatic rings. The van der Waals surface area contributed by atoms with Crippen LogP contribution in [0.2, 0.25) is 0 Å². The summed E-state index contributed by atoms with van der Waals surface area (Å²) in [6, 6.07) is 3.02. The van der Waals surface area contributed by atoms with Crippen molar-refractivity contribution < 1.29 is 9.18 Å². The third kappa shape index (κ3) is 2.74. The number of benzene rings is 1. The number of rotatable bonds is 2. The SMILES string of the molecule is NC(=O)c1c(F)cc(Br)cc1N1CCSCC1. The summed E-state index contributed by atoms with van der Waals surface area (Å²) in [5.41, 5.74) is 5.82. The van der Waals surface area contributed by atoms with Crippen LogP contribution in [0.1, 0.15) is 10.4 Å². The molecule has 92 valence electrons. The fourth-order valence-electron chi connectivity index (χ4n) is 1.86. The Labute approximate surface area is 112 Å². The summed E-state index contributed by atoms with van der Waals surface area (Å²) >= 11 is 5.09. The molecule has 1 heterocycles. The number of hydrogen-bond donors (Lipinski definition) is 1. The maximum absolute atomic E-state index is 13.8. The number of carbonyl (C=O) groups excluding carboxylic acids is 1. The lowest BCUT2D eigenvalue weighted by Gasteiger charge is -2.30. The molecule has 0 unspecified atom stereocenters. The van der Waals surface area contributed by atoms with Crippen LogP contribution in [-0.2, 0) is 0 Å². The van der Waals surface area contributed by atoms with Gasteiger partial charge < -0.3 is 10.6 Å². The largest absolute Gasteiger partial charge is 0.369 e. The molecule has 17 heavy (non-hydrogen) atoms. The maximum Gasteiger partial charge on any atom is 0.253 e. The predicted molar refractivity (Wildman–Crippen MR) is 72.2 cm³/mol. The van der Waals surface area contributed by atoms with Gasteiger partial charge in [0.2, 0.25) is 0 Å². The zero-order valence-corrected chi connectivity index (χ0v) is 11.5. The topological polar surface area (TPSA) is 46.3 Å². The van der Waals surface area contributed by atoms with Crippen molar-refractivity contribution in [2.24, 2.45) is 5.73 Å². The monoisotopic (exact) mass is 318 g/mol. The van der Waals surface area contributed by atoms with Crippen molar-refractivity contribution in [2.45, 2.75) is 0 Å². The van der Waals surface area contributed by atoms with Crippen LogP contribution in [0.25, 0.3) is 0 Å². The lowest BCUT2D eigenvalue weighted by molar-refractivity contribution is 0.0997. The number of nitrogens with two attached hydrogens (primary N) is 1. The van der Waals surface area contributed by atoms with Crippen molar-refractivity contribution in [3.63, 3.8) is 0 Å². The number of amides is 1. The lowest BCUT2D eigenvalue weighted by atomic mass is 10.1. The van der Waals surface area contributed by atoms with E-state index >= 15 is 0 Å². The zero-order valence-electron chi connectivity index (χ0n) is 9.08. The highest BCUT2D eigenvalue weighted by Gasteiger charge is 2.21. The average Bonchev–Trinajstić information content (AvgIpc) is 2.28. The van der Waals surface area contributed by atoms with E-state index in [-0.39, 0.29) is 5.56 Å². The molecule has 0 aliphatic carbocycles. The number of hydrogen-bond acceptors (Lipinski definition) is 3. The molecule has 0 aromatic heterocycles. The van der Waals surface area contributed by atoms with E-state index in [9.17, 15) is 9.18 Å². The summed E-state index contributed by atoms with van der Waals surface area (Å²) in [7, 11) is 0. The van der Waals surface area contributed by atoms with Crippen LogP contribution >= 0.6 is 27.7 Å². The summed E-state index contributed by atoms with van der Waals surface area (Å²) in [4.78, 5) is 13.3. The molecule has 0 radical (unpaired) electrons. The molecule has 1 fully saturated rings. The van der Waals surface area contributed by atoms with Crippen molar-refractivity contribution in [3.05, 3.63) is 28.0 Å². The van der Waals surface area contributed by atoms with Crippen LogP contribution in [0.15, 0.2) is 16.6 Å². The molecule has 3 nitrogen and oxygen atoms in total. The van der Waals surface area contributed by atoms with Gasteiger partial charge in [0.15, 0.2) is 0 Å². The summed E-state index contributed by atoms with van der Waals surface area (Å²) in [6.45, 7) is 1.61. The molecule has 1 aromatic carbocycles. The average molecular weight is 319 g/mol. The highest BCUT2D eigenvalue weighted by Crippen LogP contribution is 2.29. The minimum atomic E-state index is -0.719. The van der Waals surface area contributed by atoms with Gasteiger partial charge in [-0.15, -0.1) is 0 Å². The predicted octanol–water partition coefficient (Wildman–Crippen LogP) is 2.24. The van der Waals surface area contributed by atoms with Crippen molar-refractivity contribution >= 4 is 39.3 Å². The third-order valence-electron chi connectivity index (χ3n) is 2.63. The Morgan fingerprint density at radius 2 is 2.06 bits per heavy atom. The second-order valence-electron chi connectivity index (χ2n) is 3.75. The Morgan fingerprint density at radius 3 is 2.65 bits per heavy atom. The van der Waals surface area contributed by atoms with E-state index in [0.29, 0.717) is 10.2 Å². The van der Waals surface area contributed by atoms with Crippen molar-refractivity contribution in [3.8, 4) is 0 Å². The Hall–Kier alpha value is -0.750. The van der Waals surface area contributed by atoms with Gasteiger partial charge >= 0.3 is 0 Å². The lowest BCUT2D eigenvalue weighted by Crippen LogP contribution is -2.34. The molecule has 2 N–H and O–H groups in total. The molecular formula is C11H12BrFN2OS. The van der Waals surface area contributed by atoms with Gasteiger partial charge in [-0.2, -0.15) is 11.8 Å². The highest BCUT2D eigenvalue weighted by atomic mass is 79.9. The Balaban J connectivity index is 2.46. The van der Waals surface area contributed by atoms with E-state index < -0.39 is 11.7 Å². The van der Waals surface area contributed by atoms with Gasteiger partial charge in [-0.25, -0.2) is 4.39 Å². The molecule has 6 heteroatoms. The zero-order chi connectivity index (χ0) is 12.4. The fraction of sp³-hybridized carbons (Fsp3) is 0.364. The third-order valence-corrected chi connectivity index (χ3v) is 4.03. The molecule has 0 spiro atoms. The number of thioether (sulfide) groups is 1. The first kappa shape index (κ1) is 12.7. The van der Waals surface area contributed by atoms with Crippen LogP contribution in [0.3, 0.4) is 0 Å². The molecule has 0 atom stereocenters. The highest BCUT2D eigenvalue weighted by molar-refractivity contribution is 9.10. The number of primary amides is 1. The number of nitrogens with zero attached hydrogens (tertiary/aromatic N) is 1. The van der Waals surface area contributed by atoms with E-state index in [1.165, 1.54) is 6.07 Å². The minimum Gasteiger partial charge on any atom is -0.369 e. The summed E-state index contributed by atoms with van der Waals surface area (Å²) < 4.78 is 14.4. The fourth-order valence-corrected chi connectivity index (χ4v) is 3.18. The second-order valence-corrected chi connectivity index (χ2v) is 5.89. The van der Waals surface area contributed by atoms with E-state index in [2.05, 4.69) is 15.9 Å². The van der Waals surface area contributed by atoms with Crippen LogP contribution in [0, 0.1) is 5.82 Å². The van der Waals surface area contributed by atoms with Crippen LogP contribution in [0.4, 0.5) is 10.1 Å². The first-order valence-electron chi connectivity index (χ1n) is 5.21. The first-order valence-corrected chi connectivity index (χ1v) is 7.16. The van der Waals surface area contributed by atoms with Crippen molar-refractivity contribution in [1.82, 2.24) is 0 Å². The van der Waals surface area contributed by atoms with Crippen LogP contribution in [-0.4, -0.2) is 30.5 Å². The van der Waals surface area contributed by atoms with Crippen LogP contribution < -0.4 is 10.6 Å². The van der Waals surface area contributed by atoms with E-state index in [0.717, 1.165) is 24.6 Å². The van der Waals surface area contributed by atoms with Crippen molar-refractivity contribution in [1.29, 1.82) is 0 Å². The molecule has 1 saturated heterocycles. The van der Waals surface area contributed by atoms with E-state index in [1.807, 2.05) is 16.7 Å². The molecule has 1 aliphatic rings. The smallest absolute Gasteiger partial charge is 0.253 e. The minimum absolute atomic E-state index is 0.0138. The number of halogens is 2. The second kappa shape index (κ2) is 5.27. The summed E-state index contributed by atoms with van der Waals surface area (Å²) in [5, 5.41) is 0. The first-order chi connectivity index (χ1) is 8.09. The van der Waals surface area contributed by atoms with Gasteiger partial charge in [0, 0.05) is 29.1 Å². The van der Waals surface area contributed by atoms with Gasteiger partial charge in [0.25, 0.3) is 5.91 Å². The molecule has 1 aliphatic heterocycles. The molecule has 2 rings (SSSR count). The quantitative estimate of drug-likeness (QED) is 0.909. The van der Waals surface area contributed by atoms with Gasteiger partial charge in [-0.05, 0) is 12.1 Å². The Morgan fingerprint density at radius 1 is 1.41 bits per heavy atom. The maximum atomic E-state index is 13.8. The van der Waals surface area contributed by atoms with E-state index in [4.69, 9.17) is 5.73 Å².